The lowest BCUT2D eigenvalue weighted by Gasteiger charge is -2.22. The van der Waals surface area contributed by atoms with Gasteiger partial charge in [0, 0.05) is 25.6 Å². The number of hydrogen-bond acceptors (Lipinski definition) is 3. The SMILES string of the molecule is N=C(C1CCN(C(=O)C2CC2)C1=O)N1CCCC1. The van der Waals surface area contributed by atoms with Crippen LogP contribution in [0.5, 0.6) is 0 Å². The second-order valence-corrected chi connectivity index (χ2v) is 5.52. The van der Waals surface area contributed by atoms with Gasteiger partial charge in [0.1, 0.15) is 5.84 Å². The number of hydrogen-bond donors (Lipinski definition) is 1. The first-order chi connectivity index (χ1) is 8.68. The van der Waals surface area contributed by atoms with Gasteiger partial charge in [-0.15, -0.1) is 0 Å². The Morgan fingerprint density at radius 2 is 1.78 bits per heavy atom. The predicted octanol–water partition coefficient (Wildman–Crippen LogP) is 0.845. The topological polar surface area (TPSA) is 64.5 Å². The Balaban J connectivity index is 1.66. The van der Waals surface area contributed by atoms with E-state index in [2.05, 4.69) is 0 Å². The maximum Gasteiger partial charge on any atom is 0.239 e. The summed E-state index contributed by atoms with van der Waals surface area (Å²) in [7, 11) is 0. The second-order valence-electron chi connectivity index (χ2n) is 5.52. The van der Waals surface area contributed by atoms with E-state index >= 15 is 0 Å². The number of likely N-dealkylation sites (tertiary alicyclic amines) is 2. The van der Waals surface area contributed by atoms with Gasteiger partial charge in [0.25, 0.3) is 0 Å². The summed E-state index contributed by atoms with van der Waals surface area (Å²) < 4.78 is 0. The summed E-state index contributed by atoms with van der Waals surface area (Å²) in [6.07, 6.45) is 4.70. The van der Waals surface area contributed by atoms with Crippen LogP contribution in [-0.2, 0) is 9.59 Å². The maximum atomic E-state index is 12.2. The molecule has 1 aliphatic carbocycles. The molecule has 3 fully saturated rings. The van der Waals surface area contributed by atoms with E-state index in [1.807, 2.05) is 4.90 Å². The molecule has 3 aliphatic rings. The maximum absolute atomic E-state index is 12.2. The van der Waals surface area contributed by atoms with Gasteiger partial charge in [0.15, 0.2) is 0 Å². The summed E-state index contributed by atoms with van der Waals surface area (Å²) in [5, 5.41) is 8.13. The molecular weight excluding hydrogens is 230 g/mol. The number of carbonyl (C=O) groups excluding carboxylic acids is 2. The number of nitrogens with one attached hydrogen (secondary N) is 1. The molecule has 5 nitrogen and oxygen atoms in total. The van der Waals surface area contributed by atoms with E-state index in [0.717, 1.165) is 38.8 Å². The molecule has 0 aromatic carbocycles. The average molecular weight is 249 g/mol. The average Bonchev–Trinajstić information content (AvgIpc) is 2.93. The standard InChI is InChI=1S/C13H19N3O2/c14-11(15-6-1-2-7-15)10-5-8-16(13(10)18)12(17)9-3-4-9/h9-10,14H,1-8H2. The van der Waals surface area contributed by atoms with Gasteiger partial charge in [-0.3, -0.25) is 19.9 Å². The van der Waals surface area contributed by atoms with Gasteiger partial charge in [-0.25, -0.2) is 0 Å². The normalized spacial score (nSPS) is 28.0. The van der Waals surface area contributed by atoms with E-state index in [0.29, 0.717) is 18.8 Å². The van der Waals surface area contributed by atoms with Crippen molar-refractivity contribution in [2.75, 3.05) is 19.6 Å². The Morgan fingerprint density at radius 3 is 2.39 bits per heavy atom. The van der Waals surface area contributed by atoms with Gasteiger partial charge in [0.05, 0.1) is 5.92 Å². The number of amidine groups is 1. The lowest BCUT2D eigenvalue weighted by atomic mass is 10.1. The summed E-state index contributed by atoms with van der Waals surface area (Å²) in [5.74, 6) is 0.0172. The summed E-state index contributed by atoms with van der Waals surface area (Å²) in [6, 6.07) is 0. The van der Waals surface area contributed by atoms with E-state index in [1.54, 1.807) is 0 Å². The number of rotatable bonds is 2. The van der Waals surface area contributed by atoms with Crippen LogP contribution >= 0.6 is 0 Å². The summed E-state index contributed by atoms with van der Waals surface area (Å²) >= 11 is 0. The van der Waals surface area contributed by atoms with Crippen LogP contribution in [0, 0.1) is 17.2 Å². The van der Waals surface area contributed by atoms with Crippen LogP contribution in [0.25, 0.3) is 0 Å². The predicted molar refractivity (Wildman–Crippen MR) is 66.1 cm³/mol. The minimum atomic E-state index is -0.370. The molecule has 3 rings (SSSR count). The number of nitrogens with zero attached hydrogens (tertiary/aromatic N) is 2. The quantitative estimate of drug-likeness (QED) is 0.448. The van der Waals surface area contributed by atoms with Gasteiger partial charge >= 0.3 is 0 Å². The van der Waals surface area contributed by atoms with E-state index in [4.69, 9.17) is 5.41 Å². The molecule has 0 bridgehead atoms. The highest BCUT2D eigenvalue weighted by Crippen LogP contribution is 2.33. The fourth-order valence-corrected chi connectivity index (χ4v) is 2.88. The molecule has 0 spiro atoms. The fourth-order valence-electron chi connectivity index (χ4n) is 2.88. The molecule has 2 heterocycles. The van der Waals surface area contributed by atoms with Crippen molar-refractivity contribution in [1.29, 1.82) is 5.41 Å². The number of carbonyl (C=O) groups is 2. The molecule has 18 heavy (non-hydrogen) atoms. The molecule has 0 radical (unpaired) electrons. The number of amides is 2. The molecule has 98 valence electrons. The van der Waals surface area contributed by atoms with E-state index in [-0.39, 0.29) is 23.7 Å². The Labute approximate surface area is 107 Å². The van der Waals surface area contributed by atoms with Crippen molar-refractivity contribution in [2.24, 2.45) is 11.8 Å². The molecule has 2 saturated heterocycles. The highest BCUT2D eigenvalue weighted by Gasteiger charge is 2.44. The van der Waals surface area contributed by atoms with Gasteiger partial charge in [-0.1, -0.05) is 0 Å². The molecule has 5 heteroatoms. The third-order valence-electron chi connectivity index (χ3n) is 4.17. The Kier molecular flexibility index (Phi) is 2.84. The molecule has 2 amide bonds. The lowest BCUT2D eigenvalue weighted by Crippen LogP contribution is -2.40. The van der Waals surface area contributed by atoms with Crippen molar-refractivity contribution >= 4 is 17.6 Å². The summed E-state index contributed by atoms with van der Waals surface area (Å²) in [4.78, 5) is 27.5. The molecule has 1 N–H and O–H groups in total. The van der Waals surface area contributed by atoms with Crippen molar-refractivity contribution < 1.29 is 9.59 Å². The monoisotopic (exact) mass is 249 g/mol. The Hall–Kier alpha value is -1.39. The largest absolute Gasteiger partial charge is 0.360 e. The van der Waals surface area contributed by atoms with Crippen LogP contribution in [0.15, 0.2) is 0 Å². The first-order valence-corrected chi connectivity index (χ1v) is 6.87. The summed E-state index contributed by atoms with van der Waals surface area (Å²) in [6.45, 7) is 2.29. The first kappa shape index (κ1) is 11.7. The zero-order valence-corrected chi connectivity index (χ0v) is 10.5. The lowest BCUT2D eigenvalue weighted by molar-refractivity contribution is -0.143. The first-order valence-electron chi connectivity index (χ1n) is 6.87. The van der Waals surface area contributed by atoms with Gasteiger partial charge in [-0.05, 0) is 32.1 Å². The Morgan fingerprint density at radius 1 is 1.11 bits per heavy atom. The van der Waals surface area contributed by atoms with Crippen molar-refractivity contribution in [1.82, 2.24) is 9.80 Å². The minimum Gasteiger partial charge on any atom is -0.360 e. The van der Waals surface area contributed by atoms with Crippen LogP contribution < -0.4 is 0 Å². The van der Waals surface area contributed by atoms with Gasteiger partial charge < -0.3 is 4.90 Å². The van der Waals surface area contributed by atoms with E-state index in [9.17, 15) is 9.59 Å². The van der Waals surface area contributed by atoms with Crippen molar-refractivity contribution in [3.05, 3.63) is 0 Å². The molecule has 0 aromatic heterocycles. The zero-order chi connectivity index (χ0) is 12.7. The number of imide groups is 1. The molecule has 2 aliphatic heterocycles. The zero-order valence-electron chi connectivity index (χ0n) is 10.5. The van der Waals surface area contributed by atoms with Crippen LogP contribution in [0.4, 0.5) is 0 Å². The highest BCUT2D eigenvalue weighted by atomic mass is 16.2. The molecule has 1 saturated carbocycles. The van der Waals surface area contributed by atoms with Crippen LogP contribution in [-0.4, -0.2) is 47.1 Å². The summed E-state index contributed by atoms with van der Waals surface area (Å²) in [5.41, 5.74) is 0. The molecule has 0 aromatic rings. The van der Waals surface area contributed by atoms with Crippen LogP contribution in [0.3, 0.4) is 0 Å². The second kappa shape index (κ2) is 4.37. The molecule has 1 atom stereocenters. The minimum absolute atomic E-state index is 0.00304. The van der Waals surface area contributed by atoms with Crippen molar-refractivity contribution in [3.8, 4) is 0 Å². The van der Waals surface area contributed by atoms with Crippen LogP contribution in [0.1, 0.15) is 32.1 Å². The van der Waals surface area contributed by atoms with Gasteiger partial charge in [-0.2, -0.15) is 0 Å². The van der Waals surface area contributed by atoms with Crippen molar-refractivity contribution in [2.45, 2.75) is 32.1 Å². The highest BCUT2D eigenvalue weighted by molar-refractivity contribution is 6.09. The van der Waals surface area contributed by atoms with E-state index in [1.165, 1.54) is 4.90 Å². The van der Waals surface area contributed by atoms with E-state index < -0.39 is 0 Å². The molecular formula is C13H19N3O2. The third-order valence-corrected chi connectivity index (χ3v) is 4.17. The fraction of sp³-hybridized carbons (Fsp3) is 0.769. The van der Waals surface area contributed by atoms with Gasteiger partial charge in [0.2, 0.25) is 11.8 Å². The van der Waals surface area contributed by atoms with Crippen molar-refractivity contribution in [3.63, 3.8) is 0 Å². The third kappa shape index (κ3) is 1.91. The van der Waals surface area contributed by atoms with Crippen LogP contribution in [0.2, 0.25) is 0 Å². The molecule has 1 unspecified atom stereocenters. The smallest absolute Gasteiger partial charge is 0.239 e. The Bertz CT molecular complexity index is 397.